The molecular weight excluding hydrogens is 216 g/mol. The molecule has 0 unspecified atom stereocenters. The van der Waals surface area contributed by atoms with Crippen LogP contribution in [0.4, 0.5) is 0 Å². The van der Waals surface area contributed by atoms with Gasteiger partial charge in [0.05, 0.1) is 10.7 Å². The fourth-order valence-corrected chi connectivity index (χ4v) is 1.43. The zero-order valence-electron chi connectivity index (χ0n) is 7.88. The van der Waals surface area contributed by atoms with Crippen molar-refractivity contribution < 1.29 is 7.27 Å². The fraction of sp³-hybridized carbons (Fsp3) is 0. The Hall–Kier alpha value is 0.00623. The zero-order chi connectivity index (χ0) is 6.97. The predicted octanol–water partition coefficient (Wildman–Crippen LogP) is 3.04. The molecule has 1 nitrogen and oxygen atoms in total. The Morgan fingerprint density at radius 3 is 2.82 bits per heavy atom. The number of benzene rings is 1. The molecule has 11 heavy (non-hydrogen) atoms. The van der Waals surface area contributed by atoms with Crippen molar-refractivity contribution in [2.45, 2.75) is 0 Å². The van der Waals surface area contributed by atoms with E-state index < -0.39 is 0 Å². The van der Waals surface area contributed by atoms with Crippen LogP contribution < -0.4 is 0 Å². The van der Waals surface area contributed by atoms with Crippen LogP contribution in [-0.4, -0.2) is 23.1 Å². The Labute approximate surface area is 92.0 Å². The van der Waals surface area contributed by atoms with Gasteiger partial charge in [-0.05, 0) is 28.1 Å². The van der Waals surface area contributed by atoms with Crippen LogP contribution in [0.5, 0.6) is 0 Å². The fourth-order valence-electron chi connectivity index (χ4n) is 0.956. The molecule has 0 atom stereocenters. The molecule has 0 amide bonds. The summed E-state index contributed by atoms with van der Waals surface area (Å²) in [5.74, 6) is 0. The first-order valence-electron chi connectivity index (χ1n) is 2.99. The maximum atomic E-state index is 5.20. The maximum Gasteiger partial charge on any atom is 2.00 e. The average molecular weight is 223 g/mol. The molecule has 54 valence electrons. The van der Waals surface area contributed by atoms with E-state index >= 15 is 0 Å². The third-order valence-corrected chi connectivity index (χ3v) is 2.06. The number of hydrogen-bond acceptors (Lipinski definition) is 1. The second kappa shape index (κ2) is 3.60. The summed E-state index contributed by atoms with van der Waals surface area (Å²) in [5, 5.41) is 1.13. The van der Waals surface area contributed by atoms with E-state index in [1.165, 1.54) is 0 Å². The topological polar surface area (TPSA) is 13.1 Å². The van der Waals surface area contributed by atoms with Gasteiger partial charge in [-0.3, -0.25) is 0 Å². The van der Waals surface area contributed by atoms with Gasteiger partial charge in [0, 0.05) is 5.39 Å². The van der Waals surface area contributed by atoms with E-state index in [0.717, 1.165) is 15.4 Å². The van der Waals surface area contributed by atoms with Gasteiger partial charge in [-0.25, -0.2) is 0 Å². The Morgan fingerprint density at radius 2 is 2.09 bits per heavy atom. The molecule has 0 spiro atoms. The second-order valence-electron chi connectivity index (χ2n) is 2.08. The molecule has 2 aromatic rings. The van der Waals surface area contributed by atoms with Crippen molar-refractivity contribution in [2.24, 2.45) is 0 Å². The molecule has 2 rings (SSSR count). The number of fused-ring (bicyclic) bond motifs is 1. The van der Waals surface area contributed by atoms with Crippen LogP contribution in [-0.2, 0) is 0 Å². The molecule has 0 fully saturated rings. The molecule has 0 aliphatic carbocycles. The smallest absolute Gasteiger partial charge is 1.00 e. The summed E-state index contributed by atoms with van der Waals surface area (Å²) in [6.07, 6.45) is 1.69. The standard InChI is InChI=1S/C8H5BrO.Mg.2H/c9-7-3-1-2-6-4-5-10-8(6)7;;;/h1-5H;;;/q;+2;2*-1. The van der Waals surface area contributed by atoms with Crippen LogP contribution in [0.2, 0.25) is 0 Å². The molecule has 0 bridgehead atoms. The van der Waals surface area contributed by atoms with Crippen LogP contribution in [0, 0.1) is 0 Å². The van der Waals surface area contributed by atoms with Crippen LogP contribution in [0.1, 0.15) is 2.85 Å². The van der Waals surface area contributed by atoms with E-state index in [-0.39, 0.29) is 25.9 Å². The SMILES string of the molecule is Brc1cccc2ccoc12.[H-].[H-].[Mg+2]. The quantitative estimate of drug-likeness (QED) is 0.626. The Morgan fingerprint density at radius 1 is 1.27 bits per heavy atom. The molecule has 0 saturated heterocycles. The van der Waals surface area contributed by atoms with Crippen molar-refractivity contribution in [2.75, 3.05) is 0 Å². The summed E-state index contributed by atoms with van der Waals surface area (Å²) in [6.45, 7) is 0. The Kier molecular flexibility index (Phi) is 2.98. The Balaban J connectivity index is 0. The van der Waals surface area contributed by atoms with Gasteiger partial charge < -0.3 is 7.27 Å². The second-order valence-corrected chi connectivity index (χ2v) is 2.93. The predicted molar refractivity (Wildman–Crippen MR) is 51.9 cm³/mol. The van der Waals surface area contributed by atoms with Crippen LogP contribution >= 0.6 is 15.9 Å². The molecule has 0 N–H and O–H groups in total. The molecule has 0 saturated carbocycles. The molecule has 1 heterocycles. The Bertz CT molecular complexity index is 364. The minimum absolute atomic E-state index is 0. The van der Waals surface area contributed by atoms with Crippen molar-refractivity contribution in [3.63, 3.8) is 0 Å². The molecule has 3 heteroatoms. The largest absolute Gasteiger partial charge is 2.00 e. The third-order valence-electron chi connectivity index (χ3n) is 1.43. The van der Waals surface area contributed by atoms with Crippen molar-refractivity contribution in [1.82, 2.24) is 0 Å². The van der Waals surface area contributed by atoms with Gasteiger partial charge in [-0.15, -0.1) is 0 Å². The first-order valence-corrected chi connectivity index (χ1v) is 3.79. The van der Waals surface area contributed by atoms with E-state index in [9.17, 15) is 0 Å². The van der Waals surface area contributed by atoms with Crippen LogP contribution in [0.15, 0.2) is 39.4 Å². The van der Waals surface area contributed by atoms with Crippen molar-refractivity contribution in [3.05, 3.63) is 35.0 Å². The van der Waals surface area contributed by atoms with Gasteiger partial charge >= 0.3 is 23.1 Å². The number of para-hydroxylation sites is 1. The monoisotopic (exact) mass is 222 g/mol. The first kappa shape index (κ1) is 9.10. The van der Waals surface area contributed by atoms with Gasteiger partial charge in [0.15, 0.2) is 0 Å². The third kappa shape index (κ3) is 1.60. The van der Waals surface area contributed by atoms with Crippen molar-refractivity contribution in [3.8, 4) is 0 Å². The van der Waals surface area contributed by atoms with Gasteiger partial charge in [-0.1, -0.05) is 12.1 Å². The van der Waals surface area contributed by atoms with E-state index in [1.807, 2.05) is 24.3 Å². The van der Waals surface area contributed by atoms with Crippen LogP contribution in [0.25, 0.3) is 11.0 Å². The summed E-state index contributed by atoms with van der Waals surface area (Å²) >= 11 is 3.38. The van der Waals surface area contributed by atoms with Crippen molar-refractivity contribution >= 4 is 50.0 Å². The van der Waals surface area contributed by atoms with Gasteiger partial charge in [0.25, 0.3) is 0 Å². The molecule has 1 aromatic heterocycles. The van der Waals surface area contributed by atoms with E-state index in [0.29, 0.717) is 0 Å². The van der Waals surface area contributed by atoms with Gasteiger partial charge in [0.2, 0.25) is 0 Å². The van der Waals surface area contributed by atoms with Gasteiger partial charge in [-0.2, -0.15) is 0 Å². The van der Waals surface area contributed by atoms with Gasteiger partial charge in [0.1, 0.15) is 5.58 Å². The summed E-state index contributed by atoms with van der Waals surface area (Å²) < 4.78 is 6.21. The molecule has 1 aromatic carbocycles. The molecule has 0 aliphatic heterocycles. The first-order chi connectivity index (χ1) is 4.88. The van der Waals surface area contributed by atoms with Crippen LogP contribution in [0.3, 0.4) is 0 Å². The maximum absolute atomic E-state index is 5.20. The van der Waals surface area contributed by atoms with Crippen molar-refractivity contribution in [1.29, 1.82) is 0 Å². The average Bonchev–Trinajstić information content (AvgIpc) is 2.36. The summed E-state index contributed by atoms with van der Waals surface area (Å²) in [6, 6.07) is 7.91. The number of rotatable bonds is 0. The molecule has 0 radical (unpaired) electrons. The minimum atomic E-state index is 0. The van der Waals surface area contributed by atoms with E-state index in [1.54, 1.807) is 6.26 Å². The zero-order valence-corrected chi connectivity index (χ0v) is 8.88. The molecule has 0 aliphatic rings. The summed E-state index contributed by atoms with van der Waals surface area (Å²) in [4.78, 5) is 0. The van der Waals surface area contributed by atoms with E-state index in [2.05, 4.69) is 15.9 Å². The number of hydrogen-bond donors (Lipinski definition) is 0. The summed E-state index contributed by atoms with van der Waals surface area (Å²) in [7, 11) is 0. The summed E-state index contributed by atoms with van der Waals surface area (Å²) in [5.41, 5.74) is 0.919. The van der Waals surface area contributed by atoms with E-state index in [4.69, 9.17) is 4.42 Å². The number of halogens is 1. The molecular formula is C8H7BrMgO. The number of furan rings is 1. The minimum Gasteiger partial charge on any atom is -1.00 e. The normalized spacial score (nSPS) is 9.55.